The van der Waals surface area contributed by atoms with Gasteiger partial charge in [-0.2, -0.15) is 0 Å². The Morgan fingerprint density at radius 2 is 2.21 bits per heavy atom. The van der Waals surface area contributed by atoms with Gasteiger partial charge in [-0.3, -0.25) is 19.9 Å². The van der Waals surface area contributed by atoms with Crippen molar-refractivity contribution in [1.82, 2.24) is 9.97 Å². The van der Waals surface area contributed by atoms with Gasteiger partial charge in [0.05, 0.1) is 10.6 Å². The van der Waals surface area contributed by atoms with Crippen LogP contribution in [0.1, 0.15) is 5.56 Å². The monoisotopic (exact) mass is 274 g/mol. The molecule has 1 aromatic carbocycles. The van der Waals surface area contributed by atoms with Crippen molar-refractivity contribution in [3.8, 4) is 17.3 Å². The number of aromatic nitrogens is 2. The maximum Gasteiger partial charge on any atom is 0.316 e. The fraction of sp³-hybridized carbons (Fsp3) is 0. The molecule has 0 aliphatic carbocycles. The molecule has 2 aromatic rings. The van der Waals surface area contributed by atoms with Gasteiger partial charge in [0, 0.05) is 17.7 Å². The molecule has 0 atom stereocenters. The summed E-state index contributed by atoms with van der Waals surface area (Å²) in [5, 5.41) is 17.8. The summed E-state index contributed by atoms with van der Waals surface area (Å²) in [7, 11) is 0. The Morgan fingerprint density at radius 3 is 2.84 bits per heavy atom. The molecule has 0 saturated carbocycles. The highest BCUT2D eigenvalue weighted by molar-refractivity contribution is 7.58. The second-order valence-corrected chi connectivity index (χ2v) is 3.91. The minimum absolute atomic E-state index is 0.0505. The van der Waals surface area contributed by atoms with Crippen LogP contribution >= 0.6 is 0 Å². The number of H-pyrrole nitrogens is 1. The van der Waals surface area contributed by atoms with E-state index in [-0.39, 0.29) is 22.1 Å². The van der Waals surface area contributed by atoms with Crippen molar-refractivity contribution in [3.63, 3.8) is 0 Å². The second-order valence-electron chi connectivity index (χ2n) is 3.53. The van der Waals surface area contributed by atoms with Gasteiger partial charge in [0.25, 0.3) is 11.2 Å². The van der Waals surface area contributed by atoms with E-state index in [2.05, 4.69) is 9.97 Å². The summed E-state index contributed by atoms with van der Waals surface area (Å²) < 4.78 is 0. The van der Waals surface area contributed by atoms with Gasteiger partial charge in [-0.25, -0.2) is 0 Å². The number of nitrogens with one attached hydrogen (secondary N) is 2. The van der Waals surface area contributed by atoms with E-state index in [1.54, 1.807) is 6.07 Å². The smallest absolute Gasteiger partial charge is 0.316 e. The summed E-state index contributed by atoms with van der Waals surface area (Å²) in [6, 6.07) is 7.56. The first-order valence-electron chi connectivity index (χ1n) is 5.02. The summed E-state index contributed by atoms with van der Waals surface area (Å²) in [6.45, 7) is 0. The SMILES string of the molecule is [NH+]#Cc1c(-c2cccc([N+](=O)[O-])c2)nc([S-])[nH]c1=O. The van der Waals surface area contributed by atoms with Crippen molar-refractivity contribution in [1.29, 1.82) is 0 Å². The van der Waals surface area contributed by atoms with Crippen LogP contribution in [0.15, 0.2) is 34.2 Å². The van der Waals surface area contributed by atoms with E-state index in [1.165, 1.54) is 18.2 Å². The van der Waals surface area contributed by atoms with Gasteiger partial charge in [-0.05, 0) is 5.16 Å². The van der Waals surface area contributed by atoms with Gasteiger partial charge < -0.3 is 17.6 Å². The lowest BCUT2D eigenvalue weighted by molar-refractivity contribution is -0.384. The Morgan fingerprint density at radius 1 is 1.47 bits per heavy atom. The molecule has 94 valence electrons. The minimum atomic E-state index is -0.600. The zero-order chi connectivity index (χ0) is 14.0. The predicted octanol–water partition coefficient (Wildman–Crippen LogP) is -0.628. The third-order valence-electron chi connectivity index (χ3n) is 2.35. The average Bonchev–Trinajstić information content (AvgIpc) is 2.38. The molecular weight excluding hydrogens is 268 g/mol. The Labute approximate surface area is 112 Å². The Kier molecular flexibility index (Phi) is 3.22. The maximum atomic E-state index is 11.6. The Hall–Kier alpha value is -2.79. The summed E-state index contributed by atoms with van der Waals surface area (Å²) in [4.78, 5) is 28.0. The van der Waals surface area contributed by atoms with E-state index in [4.69, 9.17) is 17.9 Å². The molecule has 0 aliphatic heterocycles. The van der Waals surface area contributed by atoms with E-state index in [0.29, 0.717) is 5.56 Å². The van der Waals surface area contributed by atoms with Crippen LogP contribution in [0.2, 0.25) is 0 Å². The summed E-state index contributed by atoms with van der Waals surface area (Å²) in [5.41, 5.74) is -0.416. The van der Waals surface area contributed by atoms with Crippen LogP contribution in [0.5, 0.6) is 0 Å². The molecule has 2 rings (SSSR count). The van der Waals surface area contributed by atoms with Gasteiger partial charge >= 0.3 is 6.07 Å². The van der Waals surface area contributed by atoms with Crippen LogP contribution in [0.3, 0.4) is 0 Å². The first kappa shape index (κ1) is 12.7. The normalized spacial score (nSPS) is 9.84. The molecule has 0 amide bonds. The van der Waals surface area contributed by atoms with Gasteiger partial charge in [0.15, 0.2) is 5.56 Å². The molecule has 0 aliphatic rings. The van der Waals surface area contributed by atoms with Crippen molar-refractivity contribution in [2.75, 3.05) is 0 Å². The number of benzene rings is 1. The molecular formula is C11H6N4O3S. The number of aromatic amines is 1. The summed E-state index contributed by atoms with van der Waals surface area (Å²) in [6.07, 6.45) is 0. The summed E-state index contributed by atoms with van der Waals surface area (Å²) in [5.74, 6) is 0. The van der Waals surface area contributed by atoms with Crippen molar-refractivity contribution in [2.24, 2.45) is 0 Å². The molecule has 0 unspecified atom stereocenters. The standard InChI is InChI=1S/C11H6N4O3S/c12-5-8-9(13-11(19)14-10(8)16)6-2-1-3-7(4-6)15(17)18/h1-4H,(H2,13,14,16,19). The van der Waals surface area contributed by atoms with Crippen LogP contribution in [0.4, 0.5) is 5.69 Å². The van der Waals surface area contributed by atoms with Crippen molar-refractivity contribution < 1.29 is 10.2 Å². The van der Waals surface area contributed by atoms with Gasteiger partial charge in [-0.1, -0.05) is 17.4 Å². The molecule has 1 heterocycles. The van der Waals surface area contributed by atoms with Crippen LogP contribution < -0.4 is 10.8 Å². The van der Waals surface area contributed by atoms with E-state index < -0.39 is 10.5 Å². The zero-order valence-electron chi connectivity index (χ0n) is 9.34. The number of nitrogens with zero attached hydrogens (tertiary/aromatic N) is 2. The first-order valence-corrected chi connectivity index (χ1v) is 5.42. The van der Waals surface area contributed by atoms with Crippen LogP contribution in [-0.4, -0.2) is 14.9 Å². The summed E-state index contributed by atoms with van der Waals surface area (Å²) >= 11 is 4.79. The van der Waals surface area contributed by atoms with E-state index in [1.807, 2.05) is 6.07 Å². The molecule has 1 aromatic heterocycles. The van der Waals surface area contributed by atoms with Crippen molar-refractivity contribution in [2.45, 2.75) is 5.16 Å². The zero-order valence-corrected chi connectivity index (χ0v) is 10.2. The van der Waals surface area contributed by atoms with Crippen molar-refractivity contribution in [3.05, 3.63) is 50.3 Å². The number of nitro groups is 1. The van der Waals surface area contributed by atoms with Gasteiger partial charge in [-0.15, -0.1) is 0 Å². The molecule has 8 heteroatoms. The quantitative estimate of drug-likeness (QED) is 0.328. The fourth-order valence-electron chi connectivity index (χ4n) is 1.54. The van der Waals surface area contributed by atoms with E-state index >= 15 is 0 Å². The molecule has 2 N–H and O–H groups in total. The van der Waals surface area contributed by atoms with Crippen molar-refractivity contribution >= 4 is 18.3 Å². The van der Waals surface area contributed by atoms with Gasteiger partial charge in [0.2, 0.25) is 0 Å². The second kappa shape index (κ2) is 4.83. The largest absolute Gasteiger partial charge is 0.742 e. The average molecular weight is 274 g/mol. The topological polar surface area (TPSA) is 113 Å². The third kappa shape index (κ3) is 2.41. The number of non-ortho nitro benzene ring substituents is 1. The highest BCUT2D eigenvalue weighted by Crippen LogP contribution is 2.23. The molecule has 0 fully saturated rings. The highest BCUT2D eigenvalue weighted by Gasteiger charge is 2.15. The predicted molar refractivity (Wildman–Crippen MR) is 66.5 cm³/mol. The van der Waals surface area contributed by atoms with Crippen LogP contribution in [0, 0.1) is 16.2 Å². The minimum Gasteiger partial charge on any atom is -0.742 e. The van der Waals surface area contributed by atoms with Gasteiger partial charge in [0.1, 0.15) is 0 Å². The lowest BCUT2D eigenvalue weighted by Crippen LogP contribution is -2.23. The molecule has 0 radical (unpaired) electrons. The first-order chi connectivity index (χ1) is 9.02. The lowest BCUT2D eigenvalue weighted by Gasteiger charge is -2.07. The van der Waals surface area contributed by atoms with Crippen LogP contribution in [0.25, 0.3) is 11.3 Å². The molecule has 0 saturated heterocycles. The highest BCUT2D eigenvalue weighted by atomic mass is 32.1. The maximum absolute atomic E-state index is 11.6. The third-order valence-corrected chi connectivity index (χ3v) is 2.55. The van der Waals surface area contributed by atoms with E-state index in [9.17, 15) is 14.9 Å². The van der Waals surface area contributed by atoms with E-state index in [0.717, 1.165) is 0 Å². The Bertz CT molecular complexity index is 763. The Balaban J connectivity index is 2.72. The number of rotatable bonds is 2. The molecule has 0 spiro atoms. The lowest BCUT2D eigenvalue weighted by atomic mass is 10.1. The fourth-order valence-corrected chi connectivity index (χ4v) is 1.73. The number of nitro benzene ring substituents is 1. The number of hydrogen-bond acceptors (Lipinski definition) is 5. The number of hydrogen-bond donors (Lipinski definition) is 2. The van der Waals surface area contributed by atoms with Crippen LogP contribution in [-0.2, 0) is 12.6 Å². The molecule has 19 heavy (non-hydrogen) atoms. The molecule has 7 nitrogen and oxygen atoms in total. The molecule has 0 bridgehead atoms.